The fraction of sp³-hybridized carbons (Fsp3) is 0. The molecular formula is C24H16ClNO2. The molecule has 28 heavy (non-hydrogen) atoms. The average molecular weight is 386 g/mol. The third-order valence-electron chi connectivity index (χ3n) is 4.47. The number of fused-ring (bicyclic) bond motifs is 1. The summed E-state index contributed by atoms with van der Waals surface area (Å²) < 4.78 is 1.55. The lowest BCUT2D eigenvalue weighted by molar-refractivity contribution is 0.104. The first-order valence-corrected chi connectivity index (χ1v) is 9.19. The molecular weight excluding hydrogens is 370 g/mol. The highest BCUT2D eigenvalue weighted by atomic mass is 35.5. The largest absolute Gasteiger partial charge is 0.289 e. The Morgan fingerprint density at radius 1 is 0.857 bits per heavy atom. The Morgan fingerprint density at radius 2 is 1.54 bits per heavy atom. The number of carbonyl (C=O) groups excluding carboxylic acids is 1. The maximum Gasteiger partial charge on any atom is 0.266 e. The number of hydrogen-bond acceptors (Lipinski definition) is 2. The highest BCUT2D eigenvalue weighted by Crippen LogP contribution is 2.22. The third-order valence-corrected chi connectivity index (χ3v) is 4.71. The van der Waals surface area contributed by atoms with E-state index in [0.29, 0.717) is 16.2 Å². The molecule has 136 valence electrons. The van der Waals surface area contributed by atoms with Crippen molar-refractivity contribution >= 4 is 34.4 Å². The molecule has 0 saturated carbocycles. The number of pyridine rings is 1. The van der Waals surface area contributed by atoms with Crippen LogP contribution in [0.15, 0.2) is 95.8 Å². The second-order valence-electron chi connectivity index (χ2n) is 6.35. The van der Waals surface area contributed by atoms with Gasteiger partial charge < -0.3 is 0 Å². The van der Waals surface area contributed by atoms with Gasteiger partial charge >= 0.3 is 0 Å². The number of para-hydroxylation sites is 1. The van der Waals surface area contributed by atoms with Crippen molar-refractivity contribution in [2.45, 2.75) is 0 Å². The predicted molar refractivity (Wildman–Crippen MR) is 114 cm³/mol. The van der Waals surface area contributed by atoms with E-state index in [1.807, 2.05) is 60.7 Å². The Bertz CT molecular complexity index is 1240. The summed E-state index contributed by atoms with van der Waals surface area (Å²) in [6.07, 6.45) is 3.13. The van der Waals surface area contributed by atoms with E-state index < -0.39 is 0 Å². The number of aromatic nitrogens is 1. The van der Waals surface area contributed by atoms with Crippen LogP contribution in [-0.2, 0) is 0 Å². The van der Waals surface area contributed by atoms with Crippen LogP contribution in [-0.4, -0.2) is 10.4 Å². The van der Waals surface area contributed by atoms with Crippen LogP contribution in [0.4, 0.5) is 0 Å². The van der Waals surface area contributed by atoms with Gasteiger partial charge in [-0.2, -0.15) is 0 Å². The van der Waals surface area contributed by atoms with Crippen LogP contribution in [0, 0.1) is 0 Å². The molecule has 3 nitrogen and oxygen atoms in total. The molecule has 0 radical (unpaired) electrons. The first-order valence-electron chi connectivity index (χ1n) is 8.82. The standard InChI is InChI=1S/C24H16ClNO2/c25-19-12-13-22-18(15-19)16-21(23(27)14-11-17-7-3-1-4-8-17)24(28)26(22)20-9-5-2-6-10-20/h1-16H. The third kappa shape index (κ3) is 3.53. The van der Waals surface area contributed by atoms with Crippen molar-refractivity contribution in [2.75, 3.05) is 0 Å². The summed E-state index contributed by atoms with van der Waals surface area (Å²) in [6.45, 7) is 0. The van der Waals surface area contributed by atoms with Gasteiger partial charge in [-0.05, 0) is 48.0 Å². The van der Waals surface area contributed by atoms with Crippen molar-refractivity contribution < 1.29 is 4.79 Å². The van der Waals surface area contributed by atoms with E-state index in [9.17, 15) is 9.59 Å². The van der Waals surface area contributed by atoms with Gasteiger partial charge in [-0.25, -0.2) is 0 Å². The fourth-order valence-electron chi connectivity index (χ4n) is 3.13. The highest BCUT2D eigenvalue weighted by Gasteiger charge is 2.15. The number of carbonyl (C=O) groups is 1. The molecule has 0 spiro atoms. The summed E-state index contributed by atoms with van der Waals surface area (Å²) in [6, 6.07) is 25.6. The molecule has 1 aromatic heterocycles. The van der Waals surface area contributed by atoms with Crippen LogP contribution in [0.2, 0.25) is 5.02 Å². The number of ketones is 1. The van der Waals surface area contributed by atoms with E-state index in [1.54, 1.807) is 34.9 Å². The minimum absolute atomic E-state index is 0.103. The second kappa shape index (κ2) is 7.67. The zero-order valence-electron chi connectivity index (χ0n) is 14.9. The van der Waals surface area contributed by atoms with E-state index in [-0.39, 0.29) is 16.9 Å². The lowest BCUT2D eigenvalue weighted by atomic mass is 10.1. The molecule has 0 N–H and O–H groups in total. The van der Waals surface area contributed by atoms with Gasteiger partial charge in [-0.15, -0.1) is 0 Å². The summed E-state index contributed by atoms with van der Waals surface area (Å²) >= 11 is 6.14. The molecule has 4 rings (SSSR count). The zero-order chi connectivity index (χ0) is 19.5. The Balaban J connectivity index is 1.89. The summed E-state index contributed by atoms with van der Waals surface area (Å²) in [5.74, 6) is -0.347. The molecule has 3 aromatic carbocycles. The average Bonchev–Trinajstić information content (AvgIpc) is 2.73. The summed E-state index contributed by atoms with van der Waals surface area (Å²) in [5, 5.41) is 1.27. The van der Waals surface area contributed by atoms with E-state index >= 15 is 0 Å². The molecule has 0 aliphatic heterocycles. The lowest BCUT2D eigenvalue weighted by Crippen LogP contribution is -2.25. The maximum atomic E-state index is 13.2. The van der Waals surface area contributed by atoms with E-state index in [1.165, 1.54) is 6.08 Å². The quantitative estimate of drug-likeness (QED) is 0.341. The van der Waals surface area contributed by atoms with Gasteiger partial charge in [0, 0.05) is 16.1 Å². The second-order valence-corrected chi connectivity index (χ2v) is 6.78. The van der Waals surface area contributed by atoms with E-state index in [0.717, 1.165) is 10.9 Å². The SMILES string of the molecule is O=C(C=Cc1ccccc1)c1cc2cc(Cl)ccc2n(-c2ccccc2)c1=O. The number of hydrogen-bond donors (Lipinski definition) is 0. The molecule has 0 unspecified atom stereocenters. The number of halogens is 1. The Labute approximate surface area is 167 Å². The molecule has 1 heterocycles. The number of allylic oxidation sites excluding steroid dienone is 1. The monoisotopic (exact) mass is 385 g/mol. The van der Waals surface area contributed by atoms with Crippen molar-refractivity contribution in [1.29, 1.82) is 0 Å². The molecule has 0 bridgehead atoms. The molecule has 4 aromatic rings. The molecule has 0 amide bonds. The first kappa shape index (κ1) is 18.0. The topological polar surface area (TPSA) is 39.1 Å². The van der Waals surface area contributed by atoms with Gasteiger partial charge in [-0.1, -0.05) is 66.2 Å². The van der Waals surface area contributed by atoms with Crippen LogP contribution < -0.4 is 5.56 Å². The molecule has 4 heteroatoms. The highest BCUT2D eigenvalue weighted by molar-refractivity contribution is 6.31. The summed E-state index contributed by atoms with van der Waals surface area (Å²) in [7, 11) is 0. The van der Waals surface area contributed by atoms with E-state index in [4.69, 9.17) is 11.6 Å². The minimum Gasteiger partial charge on any atom is -0.289 e. The van der Waals surface area contributed by atoms with Crippen LogP contribution in [0.1, 0.15) is 15.9 Å². The van der Waals surface area contributed by atoms with Crippen LogP contribution >= 0.6 is 11.6 Å². The molecule has 0 aliphatic carbocycles. The van der Waals surface area contributed by atoms with Gasteiger partial charge in [0.2, 0.25) is 0 Å². The van der Waals surface area contributed by atoms with Crippen molar-refractivity contribution in [2.24, 2.45) is 0 Å². The minimum atomic E-state index is -0.358. The van der Waals surface area contributed by atoms with Crippen molar-refractivity contribution in [1.82, 2.24) is 4.57 Å². The van der Waals surface area contributed by atoms with Crippen molar-refractivity contribution in [3.63, 3.8) is 0 Å². The van der Waals surface area contributed by atoms with Gasteiger partial charge in [-0.3, -0.25) is 14.2 Å². The van der Waals surface area contributed by atoms with Crippen LogP contribution in [0.3, 0.4) is 0 Å². The Kier molecular flexibility index (Phi) is 4.92. The smallest absolute Gasteiger partial charge is 0.266 e. The predicted octanol–water partition coefficient (Wildman–Crippen LogP) is 5.54. The van der Waals surface area contributed by atoms with E-state index in [2.05, 4.69) is 0 Å². The van der Waals surface area contributed by atoms with Gasteiger partial charge in [0.1, 0.15) is 0 Å². The number of benzene rings is 3. The normalized spacial score (nSPS) is 11.2. The van der Waals surface area contributed by atoms with Crippen LogP contribution in [0.5, 0.6) is 0 Å². The summed E-state index contributed by atoms with van der Waals surface area (Å²) in [4.78, 5) is 26.0. The van der Waals surface area contributed by atoms with Gasteiger partial charge in [0.25, 0.3) is 5.56 Å². The molecule has 0 atom stereocenters. The number of rotatable bonds is 4. The van der Waals surface area contributed by atoms with Crippen molar-refractivity contribution in [3.8, 4) is 5.69 Å². The van der Waals surface area contributed by atoms with Gasteiger partial charge in [0.15, 0.2) is 5.78 Å². The fourth-order valence-corrected chi connectivity index (χ4v) is 3.31. The Hall–Kier alpha value is -3.43. The first-order chi connectivity index (χ1) is 13.6. The zero-order valence-corrected chi connectivity index (χ0v) is 15.6. The summed E-state index contributed by atoms with van der Waals surface area (Å²) in [5.41, 5.74) is 2.03. The molecule has 0 fully saturated rings. The van der Waals surface area contributed by atoms with Gasteiger partial charge in [0.05, 0.1) is 11.1 Å². The van der Waals surface area contributed by atoms with Crippen LogP contribution in [0.25, 0.3) is 22.7 Å². The molecule has 0 aliphatic rings. The van der Waals surface area contributed by atoms with Crippen molar-refractivity contribution in [3.05, 3.63) is 118 Å². The maximum absolute atomic E-state index is 13.2. The lowest BCUT2D eigenvalue weighted by Gasteiger charge is -2.12. The Morgan fingerprint density at radius 3 is 2.25 bits per heavy atom. The number of nitrogens with zero attached hydrogens (tertiary/aromatic N) is 1. The molecule has 0 saturated heterocycles.